The minimum atomic E-state index is 0.591. The van der Waals surface area contributed by atoms with Crippen molar-refractivity contribution in [2.45, 2.75) is 0 Å². The highest BCUT2D eigenvalue weighted by atomic mass is 79.9. The van der Waals surface area contributed by atoms with Crippen molar-refractivity contribution in [3.63, 3.8) is 0 Å². The van der Waals surface area contributed by atoms with Gasteiger partial charge in [0, 0.05) is 19.5 Å². The van der Waals surface area contributed by atoms with Gasteiger partial charge >= 0.3 is 0 Å². The zero-order valence-corrected chi connectivity index (χ0v) is 12.1. The molecule has 1 N–H and O–H groups in total. The smallest absolute Gasteiger partial charge is 0.224 e. The Balaban J connectivity index is 2.37. The summed E-state index contributed by atoms with van der Waals surface area (Å²) in [6.07, 6.45) is 0. The molecule has 0 bridgehead atoms. The van der Waals surface area contributed by atoms with Crippen molar-refractivity contribution >= 4 is 43.4 Å². The van der Waals surface area contributed by atoms with E-state index in [4.69, 9.17) is 0 Å². The summed E-state index contributed by atoms with van der Waals surface area (Å²) >= 11 is 4.99. The van der Waals surface area contributed by atoms with Gasteiger partial charge in [-0.2, -0.15) is 0 Å². The molecule has 3 aromatic heterocycles. The van der Waals surface area contributed by atoms with Gasteiger partial charge in [-0.3, -0.25) is 0 Å². The Morgan fingerprint density at radius 1 is 1.39 bits per heavy atom. The van der Waals surface area contributed by atoms with Crippen LogP contribution >= 0.6 is 27.3 Å². The lowest BCUT2D eigenvalue weighted by Crippen LogP contribution is -2.01. The molecule has 92 valence electrons. The zero-order chi connectivity index (χ0) is 12.7. The van der Waals surface area contributed by atoms with Crippen molar-refractivity contribution in [1.82, 2.24) is 25.0 Å². The monoisotopic (exact) mass is 324 g/mol. The number of thiophene rings is 1. The summed E-state index contributed by atoms with van der Waals surface area (Å²) in [4.78, 5) is 9.87. The number of halogens is 1. The van der Waals surface area contributed by atoms with Crippen LogP contribution in [0.15, 0.2) is 16.0 Å². The summed E-state index contributed by atoms with van der Waals surface area (Å²) in [6.45, 7) is 0. The highest BCUT2D eigenvalue weighted by molar-refractivity contribution is 9.10. The molecule has 0 radical (unpaired) electrons. The lowest BCUT2D eigenvalue weighted by molar-refractivity contribution is 0.719. The normalized spacial score (nSPS) is 11.1. The highest BCUT2D eigenvalue weighted by Gasteiger charge is 2.17. The van der Waals surface area contributed by atoms with Crippen LogP contribution in [0.25, 0.3) is 21.6 Å². The predicted octanol–water partition coefficient (Wildman–Crippen LogP) is 2.29. The summed E-state index contributed by atoms with van der Waals surface area (Å²) < 4.78 is 2.38. The molecular weight excluding hydrogens is 316 g/mol. The molecule has 0 amide bonds. The second kappa shape index (κ2) is 4.29. The van der Waals surface area contributed by atoms with Crippen molar-refractivity contribution < 1.29 is 0 Å². The molecule has 18 heavy (non-hydrogen) atoms. The van der Waals surface area contributed by atoms with Gasteiger partial charge < -0.3 is 5.32 Å². The van der Waals surface area contributed by atoms with E-state index in [9.17, 15) is 0 Å². The minimum Gasteiger partial charge on any atom is -0.357 e. The molecule has 0 aliphatic rings. The molecule has 0 spiro atoms. The highest BCUT2D eigenvalue weighted by Crippen LogP contribution is 2.32. The molecule has 0 fully saturated rings. The maximum absolute atomic E-state index is 4.51. The Kier molecular flexibility index (Phi) is 2.75. The van der Waals surface area contributed by atoms with Crippen LogP contribution in [0.4, 0.5) is 5.95 Å². The first kappa shape index (κ1) is 11.5. The minimum absolute atomic E-state index is 0.591. The van der Waals surface area contributed by atoms with Gasteiger partial charge in [-0.1, -0.05) is 5.21 Å². The average molecular weight is 325 g/mol. The Bertz CT molecular complexity index is 699. The number of anilines is 1. The number of nitrogens with one attached hydrogen (secondary N) is 1. The molecule has 3 heterocycles. The number of aryl methyl sites for hydroxylation is 1. The summed E-state index contributed by atoms with van der Waals surface area (Å²) in [5.74, 6) is 0.591. The number of rotatable bonds is 2. The third kappa shape index (κ3) is 1.68. The molecule has 0 atom stereocenters. The SMILES string of the molecule is CNc1nc(-c2c(Br)nnn2C)c2ccsc2n1. The van der Waals surface area contributed by atoms with E-state index in [-0.39, 0.29) is 0 Å². The molecule has 6 nitrogen and oxygen atoms in total. The van der Waals surface area contributed by atoms with E-state index in [2.05, 4.69) is 41.5 Å². The third-order valence-corrected chi connectivity index (χ3v) is 3.90. The van der Waals surface area contributed by atoms with Crippen LogP contribution in [-0.2, 0) is 7.05 Å². The van der Waals surface area contributed by atoms with E-state index in [0.717, 1.165) is 21.6 Å². The molecule has 0 unspecified atom stereocenters. The lowest BCUT2D eigenvalue weighted by atomic mass is 10.2. The van der Waals surface area contributed by atoms with E-state index in [1.165, 1.54) is 0 Å². The van der Waals surface area contributed by atoms with Gasteiger partial charge in [0.15, 0.2) is 4.60 Å². The average Bonchev–Trinajstić information content (AvgIpc) is 2.95. The van der Waals surface area contributed by atoms with Gasteiger partial charge in [0.2, 0.25) is 5.95 Å². The first-order valence-corrected chi connectivity index (χ1v) is 6.86. The fourth-order valence-corrected chi connectivity index (χ4v) is 3.01. The molecular formula is C10H9BrN6S. The number of aromatic nitrogens is 5. The van der Waals surface area contributed by atoms with Gasteiger partial charge in [0.1, 0.15) is 16.2 Å². The lowest BCUT2D eigenvalue weighted by Gasteiger charge is -2.05. The molecule has 0 saturated heterocycles. The van der Waals surface area contributed by atoms with Crippen LogP contribution in [-0.4, -0.2) is 32.0 Å². The first-order chi connectivity index (χ1) is 8.70. The van der Waals surface area contributed by atoms with Crippen LogP contribution in [0, 0.1) is 0 Å². The van der Waals surface area contributed by atoms with Crippen LogP contribution in [0.3, 0.4) is 0 Å². The zero-order valence-electron chi connectivity index (χ0n) is 9.68. The molecule has 0 aromatic carbocycles. The largest absolute Gasteiger partial charge is 0.357 e. The molecule has 0 aliphatic carbocycles. The predicted molar refractivity (Wildman–Crippen MR) is 74.7 cm³/mol. The van der Waals surface area contributed by atoms with Crippen molar-refractivity contribution in [2.24, 2.45) is 7.05 Å². The maximum atomic E-state index is 4.51. The van der Waals surface area contributed by atoms with Crippen LogP contribution in [0.1, 0.15) is 0 Å². The van der Waals surface area contributed by atoms with E-state index >= 15 is 0 Å². The Hall–Kier alpha value is -1.54. The summed E-state index contributed by atoms with van der Waals surface area (Å²) in [5.41, 5.74) is 1.67. The second-order valence-electron chi connectivity index (χ2n) is 3.64. The Morgan fingerprint density at radius 3 is 2.89 bits per heavy atom. The number of fused-ring (bicyclic) bond motifs is 1. The quantitative estimate of drug-likeness (QED) is 0.783. The standard InChI is InChI=1S/C10H9BrN6S/c1-12-10-13-6(5-3-4-18-9(5)14-10)7-8(11)15-16-17(7)2/h3-4H,1-2H3,(H,12,13,14). The second-order valence-corrected chi connectivity index (χ2v) is 5.28. The van der Waals surface area contributed by atoms with Gasteiger partial charge in [-0.05, 0) is 27.4 Å². The number of hydrogen-bond donors (Lipinski definition) is 1. The van der Waals surface area contributed by atoms with Crippen molar-refractivity contribution in [3.8, 4) is 11.4 Å². The topological polar surface area (TPSA) is 68.5 Å². The van der Waals surface area contributed by atoms with Crippen LogP contribution < -0.4 is 5.32 Å². The van der Waals surface area contributed by atoms with Gasteiger partial charge in [0.05, 0.1) is 0 Å². The van der Waals surface area contributed by atoms with Gasteiger partial charge in [0.25, 0.3) is 0 Å². The molecule has 3 rings (SSSR count). The molecule has 8 heteroatoms. The Labute approximate surface area is 115 Å². The molecule has 3 aromatic rings. The summed E-state index contributed by atoms with van der Waals surface area (Å²) in [6, 6.07) is 2.01. The maximum Gasteiger partial charge on any atom is 0.224 e. The van der Waals surface area contributed by atoms with Crippen molar-refractivity contribution in [3.05, 3.63) is 16.0 Å². The fraction of sp³-hybridized carbons (Fsp3) is 0.200. The third-order valence-electron chi connectivity index (χ3n) is 2.56. The van der Waals surface area contributed by atoms with Crippen LogP contribution in [0.5, 0.6) is 0 Å². The summed E-state index contributed by atoms with van der Waals surface area (Å²) in [5, 5.41) is 13.9. The van der Waals surface area contributed by atoms with Crippen molar-refractivity contribution in [2.75, 3.05) is 12.4 Å². The molecule has 0 aliphatic heterocycles. The van der Waals surface area contributed by atoms with E-state index < -0.39 is 0 Å². The van der Waals surface area contributed by atoms with Crippen molar-refractivity contribution in [1.29, 1.82) is 0 Å². The van der Waals surface area contributed by atoms with Gasteiger partial charge in [-0.15, -0.1) is 16.4 Å². The fourth-order valence-electron chi connectivity index (χ4n) is 1.73. The van der Waals surface area contributed by atoms with E-state index in [1.807, 2.05) is 18.5 Å². The van der Waals surface area contributed by atoms with E-state index in [0.29, 0.717) is 10.6 Å². The number of hydrogen-bond acceptors (Lipinski definition) is 6. The summed E-state index contributed by atoms with van der Waals surface area (Å²) in [7, 11) is 3.64. The van der Waals surface area contributed by atoms with Crippen LogP contribution in [0.2, 0.25) is 0 Å². The Morgan fingerprint density at radius 2 is 2.22 bits per heavy atom. The molecule has 0 saturated carbocycles. The van der Waals surface area contributed by atoms with E-state index in [1.54, 1.807) is 23.1 Å². The van der Waals surface area contributed by atoms with Gasteiger partial charge in [-0.25, -0.2) is 14.6 Å². The first-order valence-electron chi connectivity index (χ1n) is 5.19. The number of nitrogens with zero attached hydrogens (tertiary/aromatic N) is 5.